The van der Waals surface area contributed by atoms with E-state index < -0.39 is 0 Å². The Labute approximate surface area is 146 Å². The predicted molar refractivity (Wildman–Crippen MR) is 92.1 cm³/mol. The highest BCUT2D eigenvalue weighted by molar-refractivity contribution is 5.74. The number of rotatable bonds is 5. The minimum atomic E-state index is -0.257. The fourth-order valence-corrected chi connectivity index (χ4v) is 2.68. The number of aromatic nitrogens is 4. The Kier molecular flexibility index (Phi) is 5.44. The maximum Gasteiger partial charge on any atom is 0.315 e. The predicted octanol–water partition coefficient (Wildman–Crippen LogP) is 0.607. The zero-order chi connectivity index (χ0) is 17.6. The Balaban J connectivity index is 1.47. The summed E-state index contributed by atoms with van der Waals surface area (Å²) in [6.45, 7) is 5.44. The van der Waals surface area contributed by atoms with Crippen molar-refractivity contribution in [2.24, 2.45) is 7.05 Å². The molecule has 1 unspecified atom stereocenters. The molecule has 0 spiro atoms. The molecule has 9 nitrogen and oxygen atoms in total. The van der Waals surface area contributed by atoms with Crippen LogP contribution in [0.5, 0.6) is 0 Å². The largest absolute Gasteiger partial charge is 0.378 e. The Morgan fingerprint density at radius 1 is 1.36 bits per heavy atom. The van der Waals surface area contributed by atoms with Gasteiger partial charge in [-0.3, -0.25) is 0 Å². The molecule has 134 valence electrons. The summed E-state index contributed by atoms with van der Waals surface area (Å²) in [6.07, 6.45) is 3.39. The van der Waals surface area contributed by atoms with Gasteiger partial charge >= 0.3 is 6.03 Å². The SMILES string of the molecule is CC(NC(=O)NCc1ccc(N2CCOCC2)nc1)c1nncn1C. The third-order valence-electron chi connectivity index (χ3n) is 4.08. The molecule has 3 heterocycles. The molecule has 1 aliphatic heterocycles. The van der Waals surface area contributed by atoms with Crippen LogP contribution in [0.2, 0.25) is 0 Å². The summed E-state index contributed by atoms with van der Waals surface area (Å²) in [5.41, 5.74) is 0.943. The van der Waals surface area contributed by atoms with Crippen LogP contribution in [0.25, 0.3) is 0 Å². The van der Waals surface area contributed by atoms with Gasteiger partial charge in [0.2, 0.25) is 0 Å². The second kappa shape index (κ2) is 7.93. The normalized spacial score (nSPS) is 15.7. The second-order valence-corrected chi connectivity index (χ2v) is 5.97. The van der Waals surface area contributed by atoms with Gasteiger partial charge in [-0.1, -0.05) is 6.07 Å². The number of hydrogen-bond donors (Lipinski definition) is 2. The van der Waals surface area contributed by atoms with Crippen LogP contribution in [-0.4, -0.2) is 52.1 Å². The molecule has 0 radical (unpaired) electrons. The van der Waals surface area contributed by atoms with E-state index in [0.717, 1.165) is 37.7 Å². The summed E-state index contributed by atoms with van der Waals surface area (Å²) in [6, 6.07) is 3.47. The Morgan fingerprint density at radius 3 is 2.80 bits per heavy atom. The van der Waals surface area contributed by atoms with E-state index >= 15 is 0 Å². The molecule has 2 aromatic heterocycles. The van der Waals surface area contributed by atoms with Crippen LogP contribution in [0.15, 0.2) is 24.7 Å². The molecule has 2 amide bonds. The molecule has 9 heteroatoms. The molecule has 3 rings (SSSR count). The maximum absolute atomic E-state index is 12.0. The molecule has 1 saturated heterocycles. The number of urea groups is 1. The molecule has 2 N–H and O–H groups in total. The minimum absolute atomic E-state index is 0.227. The molecular formula is C16H23N7O2. The van der Waals surface area contributed by atoms with Crippen LogP contribution in [0.3, 0.4) is 0 Å². The highest BCUT2D eigenvalue weighted by Gasteiger charge is 2.14. The van der Waals surface area contributed by atoms with Crippen LogP contribution in [0, 0.1) is 0 Å². The number of aryl methyl sites for hydroxylation is 1. The van der Waals surface area contributed by atoms with Crippen molar-refractivity contribution in [2.45, 2.75) is 19.5 Å². The lowest BCUT2D eigenvalue weighted by Crippen LogP contribution is -2.37. The number of hydrogen-bond acceptors (Lipinski definition) is 6. The number of pyridine rings is 1. The molecule has 0 bridgehead atoms. The van der Waals surface area contributed by atoms with Crippen molar-refractivity contribution in [1.82, 2.24) is 30.4 Å². The van der Waals surface area contributed by atoms with Gasteiger partial charge in [-0.15, -0.1) is 10.2 Å². The smallest absolute Gasteiger partial charge is 0.315 e. The summed E-state index contributed by atoms with van der Waals surface area (Å²) in [7, 11) is 1.84. The first-order valence-electron chi connectivity index (χ1n) is 8.29. The average Bonchev–Trinajstić information content (AvgIpc) is 3.07. The molecule has 1 atom stereocenters. The summed E-state index contributed by atoms with van der Waals surface area (Å²) in [5, 5.41) is 13.5. The first kappa shape index (κ1) is 17.2. The topological polar surface area (TPSA) is 97.2 Å². The zero-order valence-electron chi connectivity index (χ0n) is 14.5. The number of anilines is 1. The molecular weight excluding hydrogens is 322 g/mol. The van der Waals surface area contributed by atoms with Crippen molar-refractivity contribution < 1.29 is 9.53 Å². The lowest BCUT2D eigenvalue weighted by molar-refractivity contribution is 0.122. The molecule has 1 fully saturated rings. The van der Waals surface area contributed by atoms with E-state index in [4.69, 9.17) is 4.74 Å². The monoisotopic (exact) mass is 345 g/mol. The van der Waals surface area contributed by atoms with Crippen molar-refractivity contribution in [2.75, 3.05) is 31.2 Å². The highest BCUT2D eigenvalue weighted by Crippen LogP contribution is 2.13. The van der Waals surface area contributed by atoms with E-state index in [9.17, 15) is 4.79 Å². The molecule has 0 aliphatic carbocycles. The maximum atomic E-state index is 12.0. The number of carbonyl (C=O) groups excluding carboxylic acids is 1. The fourth-order valence-electron chi connectivity index (χ4n) is 2.68. The first-order chi connectivity index (χ1) is 12.1. The van der Waals surface area contributed by atoms with Crippen molar-refractivity contribution in [3.8, 4) is 0 Å². The highest BCUT2D eigenvalue weighted by atomic mass is 16.5. The van der Waals surface area contributed by atoms with Crippen molar-refractivity contribution in [1.29, 1.82) is 0 Å². The molecule has 0 saturated carbocycles. The van der Waals surface area contributed by atoms with Gasteiger partial charge in [-0.2, -0.15) is 0 Å². The van der Waals surface area contributed by atoms with Crippen molar-refractivity contribution >= 4 is 11.8 Å². The Hall–Kier alpha value is -2.68. The third kappa shape index (κ3) is 4.44. The van der Waals surface area contributed by atoms with Crippen LogP contribution < -0.4 is 15.5 Å². The molecule has 0 aromatic carbocycles. The zero-order valence-corrected chi connectivity index (χ0v) is 14.5. The summed E-state index contributed by atoms with van der Waals surface area (Å²) in [5.74, 6) is 1.64. The third-order valence-corrected chi connectivity index (χ3v) is 4.08. The molecule has 25 heavy (non-hydrogen) atoms. The van der Waals surface area contributed by atoms with Gasteiger partial charge in [-0.25, -0.2) is 9.78 Å². The van der Waals surface area contributed by atoms with Gasteiger partial charge in [0.05, 0.1) is 19.3 Å². The number of ether oxygens (including phenoxy) is 1. The second-order valence-electron chi connectivity index (χ2n) is 5.97. The van der Waals surface area contributed by atoms with Crippen molar-refractivity contribution in [3.63, 3.8) is 0 Å². The minimum Gasteiger partial charge on any atom is -0.378 e. The number of amides is 2. The van der Waals surface area contributed by atoms with E-state index in [1.807, 2.05) is 26.1 Å². The summed E-state index contributed by atoms with van der Waals surface area (Å²) < 4.78 is 7.12. The fraction of sp³-hybridized carbons (Fsp3) is 0.500. The number of carbonyl (C=O) groups is 1. The van der Waals surface area contributed by atoms with E-state index in [-0.39, 0.29) is 12.1 Å². The number of nitrogens with one attached hydrogen (secondary N) is 2. The van der Waals surface area contributed by atoms with E-state index in [0.29, 0.717) is 12.4 Å². The number of morpholine rings is 1. The standard InChI is InChI=1S/C16H23N7O2/c1-12(15-21-19-11-22(15)2)20-16(24)18-10-13-3-4-14(17-9-13)23-5-7-25-8-6-23/h3-4,9,11-12H,5-8,10H2,1-2H3,(H2,18,20,24). The van der Waals surface area contributed by atoms with Gasteiger partial charge in [0.1, 0.15) is 12.1 Å². The van der Waals surface area contributed by atoms with Crippen LogP contribution in [-0.2, 0) is 18.3 Å². The quantitative estimate of drug-likeness (QED) is 0.824. The summed E-state index contributed by atoms with van der Waals surface area (Å²) >= 11 is 0. The first-order valence-corrected chi connectivity index (χ1v) is 8.29. The van der Waals surface area contributed by atoms with Gasteiger partial charge in [-0.05, 0) is 18.6 Å². The van der Waals surface area contributed by atoms with Crippen molar-refractivity contribution in [3.05, 3.63) is 36.0 Å². The Bertz CT molecular complexity index is 695. The van der Waals surface area contributed by atoms with E-state index in [1.54, 1.807) is 17.1 Å². The Morgan fingerprint density at radius 2 is 2.16 bits per heavy atom. The van der Waals surface area contributed by atoms with Gasteiger partial charge < -0.3 is 24.8 Å². The lowest BCUT2D eigenvalue weighted by Gasteiger charge is -2.27. The molecule has 2 aromatic rings. The number of nitrogens with zero attached hydrogens (tertiary/aromatic N) is 5. The van der Waals surface area contributed by atoms with Crippen LogP contribution in [0.1, 0.15) is 24.4 Å². The van der Waals surface area contributed by atoms with Gasteiger partial charge in [0.15, 0.2) is 5.82 Å². The van der Waals surface area contributed by atoms with Crippen LogP contribution in [0.4, 0.5) is 10.6 Å². The van der Waals surface area contributed by atoms with Gasteiger partial charge in [0.25, 0.3) is 0 Å². The lowest BCUT2D eigenvalue weighted by atomic mass is 10.2. The molecule has 1 aliphatic rings. The van der Waals surface area contributed by atoms with E-state index in [1.165, 1.54) is 0 Å². The summed E-state index contributed by atoms with van der Waals surface area (Å²) in [4.78, 5) is 18.7. The van der Waals surface area contributed by atoms with E-state index in [2.05, 4.69) is 30.7 Å². The van der Waals surface area contributed by atoms with Crippen LogP contribution >= 0.6 is 0 Å². The average molecular weight is 345 g/mol. The van der Waals surface area contributed by atoms with Gasteiger partial charge in [0, 0.05) is 32.9 Å².